The second-order valence-corrected chi connectivity index (χ2v) is 5.98. The van der Waals surface area contributed by atoms with E-state index in [1.54, 1.807) is 6.20 Å². The zero-order chi connectivity index (χ0) is 16.1. The highest BCUT2D eigenvalue weighted by Crippen LogP contribution is 2.28. The van der Waals surface area contributed by atoms with Crippen LogP contribution in [0.4, 0.5) is 0 Å². The molecule has 0 aromatic carbocycles. The van der Waals surface area contributed by atoms with Gasteiger partial charge in [-0.15, -0.1) is 0 Å². The third kappa shape index (κ3) is 3.72. The Balaban J connectivity index is 2.14. The summed E-state index contributed by atoms with van der Waals surface area (Å²) < 4.78 is 0. The Morgan fingerprint density at radius 2 is 1.91 bits per heavy atom. The van der Waals surface area contributed by atoms with E-state index >= 15 is 0 Å². The Morgan fingerprint density at radius 1 is 1.23 bits per heavy atom. The second kappa shape index (κ2) is 7.20. The molecule has 0 fully saturated rings. The Bertz CT molecular complexity index is 554. The predicted octanol–water partition coefficient (Wildman–Crippen LogP) is 2.56. The number of hydrogen-bond donors (Lipinski definition) is 2. The molecule has 1 aliphatic carbocycles. The first-order valence-electron chi connectivity index (χ1n) is 7.59. The van der Waals surface area contributed by atoms with Crippen LogP contribution in [0.1, 0.15) is 38.4 Å². The summed E-state index contributed by atoms with van der Waals surface area (Å²) in [6.07, 6.45) is 6.29. The van der Waals surface area contributed by atoms with E-state index < -0.39 is 17.8 Å². The van der Waals surface area contributed by atoms with Crippen molar-refractivity contribution in [3.8, 4) is 0 Å². The summed E-state index contributed by atoms with van der Waals surface area (Å²) in [4.78, 5) is 28.2. The zero-order valence-corrected chi connectivity index (χ0v) is 12.9. The van der Waals surface area contributed by atoms with Crippen molar-refractivity contribution in [3.05, 3.63) is 42.2 Å². The first-order valence-corrected chi connectivity index (χ1v) is 7.59. The summed E-state index contributed by atoms with van der Waals surface area (Å²) >= 11 is 0. The van der Waals surface area contributed by atoms with Gasteiger partial charge in [0, 0.05) is 6.20 Å². The van der Waals surface area contributed by atoms with Gasteiger partial charge in [0.2, 0.25) is 5.91 Å². The molecule has 118 valence electrons. The van der Waals surface area contributed by atoms with Crippen LogP contribution in [0.5, 0.6) is 0 Å². The van der Waals surface area contributed by atoms with Gasteiger partial charge in [-0.2, -0.15) is 0 Å². The van der Waals surface area contributed by atoms with Gasteiger partial charge in [0.15, 0.2) is 0 Å². The lowest BCUT2D eigenvalue weighted by molar-refractivity contribution is -0.147. The lowest BCUT2D eigenvalue weighted by Gasteiger charge is -2.28. The van der Waals surface area contributed by atoms with Gasteiger partial charge in [-0.25, -0.2) is 0 Å². The molecule has 5 heteroatoms. The van der Waals surface area contributed by atoms with E-state index in [1.807, 2.05) is 44.2 Å². The summed E-state index contributed by atoms with van der Waals surface area (Å²) in [6, 6.07) is 5.37. The number of carboxylic acids is 1. The second-order valence-electron chi connectivity index (χ2n) is 5.98. The Morgan fingerprint density at radius 3 is 2.45 bits per heavy atom. The van der Waals surface area contributed by atoms with Crippen molar-refractivity contribution >= 4 is 11.9 Å². The number of amides is 1. The largest absolute Gasteiger partial charge is 0.481 e. The van der Waals surface area contributed by atoms with Crippen LogP contribution in [0.3, 0.4) is 0 Å². The normalized spacial score (nSPS) is 22.3. The highest BCUT2D eigenvalue weighted by molar-refractivity contribution is 5.85. The Kier molecular flexibility index (Phi) is 5.31. The molecule has 1 unspecified atom stereocenters. The van der Waals surface area contributed by atoms with E-state index in [1.165, 1.54) is 0 Å². The number of aliphatic carboxylic acids is 1. The summed E-state index contributed by atoms with van der Waals surface area (Å²) in [7, 11) is 0. The van der Waals surface area contributed by atoms with Gasteiger partial charge in [0.25, 0.3) is 0 Å². The lowest BCUT2D eigenvalue weighted by Crippen LogP contribution is -2.41. The van der Waals surface area contributed by atoms with Crippen molar-refractivity contribution < 1.29 is 14.7 Å². The van der Waals surface area contributed by atoms with Crippen LogP contribution in [-0.4, -0.2) is 22.0 Å². The van der Waals surface area contributed by atoms with Crippen molar-refractivity contribution in [2.75, 3.05) is 0 Å². The molecular formula is C17H22N2O3. The quantitative estimate of drug-likeness (QED) is 0.819. The van der Waals surface area contributed by atoms with E-state index in [-0.39, 0.29) is 17.9 Å². The summed E-state index contributed by atoms with van der Waals surface area (Å²) in [6.45, 7) is 4.02. The van der Waals surface area contributed by atoms with E-state index in [0.29, 0.717) is 12.8 Å². The molecule has 1 aromatic rings. The van der Waals surface area contributed by atoms with Gasteiger partial charge in [-0.3, -0.25) is 14.6 Å². The molecule has 0 bridgehead atoms. The number of aromatic nitrogens is 1. The SMILES string of the molecule is CC(C)C(NC(=O)[C@@H]1CC=CC[C@@H]1C(=O)O)c1ccccn1. The van der Waals surface area contributed by atoms with E-state index in [4.69, 9.17) is 0 Å². The van der Waals surface area contributed by atoms with Crippen LogP contribution >= 0.6 is 0 Å². The summed E-state index contributed by atoms with van der Waals surface area (Å²) in [5, 5.41) is 12.3. The van der Waals surface area contributed by atoms with Crippen LogP contribution in [0, 0.1) is 17.8 Å². The number of hydrogen-bond acceptors (Lipinski definition) is 3. The van der Waals surface area contributed by atoms with Crippen LogP contribution < -0.4 is 5.32 Å². The number of carbonyl (C=O) groups excluding carboxylic acids is 1. The number of allylic oxidation sites excluding steroid dienone is 2. The van der Waals surface area contributed by atoms with Gasteiger partial charge in [0.05, 0.1) is 23.6 Å². The molecule has 3 atom stereocenters. The Labute approximate surface area is 130 Å². The molecule has 1 aliphatic rings. The number of rotatable bonds is 5. The highest BCUT2D eigenvalue weighted by atomic mass is 16.4. The molecule has 0 spiro atoms. The monoisotopic (exact) mass is 302 g/mol. The third-order valence-corrected chi connectivity index (χ3v) is 4.06. The number of carbonyl (C=O) groups is 2. The average Bonchev–Trinajstić information content (AvgIpc) is 2.52. The van der Waals surface area contributed by atoms with E-state index in [9.17, 15) is 14.7 Å². The summed E-state index contributed by atoms with van der Waals surface area (Å²) in [5.41, 5.74) is 0.795. The van der Waals surface area contributed by atoms with Gasteiger partial charge < -0.3 is 10.4 Å². The maximum atomic E-state index is 12.6. The molecule has 0 radical (unpaired) electrons. The van der Waals surface area contributed by atoms with Crippen molar-refractivity contribution in [2.24, 2.45) is 17.8 Å². The number of nitrogens with zero attached hydrogens (tertiary/aromatic N) is 1. The minimum absolute atomic E-state index is 0.168. The van der Waals surface area contributed by atoms with Crippen molar-refractivity contribution in [2.45, 2.75) is 32.7 Å². The number of carboxylic acid groups (broad SMARTS) is 1. The molecule has 1 aromatic heterocycles. The molecule has 5 nitrogen and oxygen atoms in total. The molecule has 0 aliphatic heterocycles. The topological polar surface area (TPSA) is 79.3 Å². The van der Waals surface area contributed by atoms with Crippen LogP contribution in [0.15, 0.2) is 36.5 Å². The standard InChI is InChI=1S/C17H22N2O3/c1-11(2)15(14-9-5-6-10-18-14)19-16(20)12-7-3-4-8-13(12)17(21)22/h3-6,9-13,15H,7-8H2,1-2H3,(H,19,20)(H,21,22)/t12-,13+,15?/m1/s1. The average molecular weight is 302 g/mol. The molecule has 2 rings (SSSR count). The van der Waals surface area contributed by atoms with Gasteiger partial charge in [-0.05, 0) is 30.9 Å². The number of nitrogens with one attached hydrogen (secondary N) is 1. The molecule has 1 heterocycles. The highest BCUT2D eigenvalue weighted by Gasteiger charge is 2.35. The fraction of sp³-hybridized carbons (Fsp3) is 0.471. The van der Waals surface area contributed by atoms with Crippen molar-refractivity contribution in [1.29, 1.82) is 0 Å². The van der Waals surface area contributed by atoms with Crippen LogP contribution in [0.2, 0.25) is 0 Å². The lowest BCUT2D eigenvalue weighted by atomic mass is 9.82. The third-order valence-electron chi connectivity index (χ3n) is 4.06. The van der Waals surface area contributed by atoms with Crippen LogP contribution in [-0.2, 0) is 9.59 Å². The van der Waals surface area contributed by atoms with Gasteiger partial charge in [-0.1, -0.05) is 32.1 Å². The maximum Gasteiger partial charge on any atom is 0.307 e. The molecule has 0 saturated heterocycles. The minimum Gasteiger partial charge on any atom is -0.481 e. The molecule has 0 saturated carbocycles. The zero-order valence-electron chi connectivity index (χ0n) is 12.9. The minimum atomic E-state index is -0.913. The molecule has 2 N–H and O–H groups in total. The van der Waals surface area contributed by atoms with Gasteiger partial charge in [0.1, 0.15) is 0 Å². The van der Waals surface area contributed by atoms with Crippen LogP contribution in [0.25, 0.3) is 0 Å². The van der Waals surface area contributed by atoms with E-state index in [2.05, 4.69) is 10.3 Å². The fourth-order valence-electron chi connectivity index (χ4n) is 2.78. The Hall–Kier alpha value is -2.17. The molecule has 1 amide bonds. The maximum absolute atomic E-state index is 12.6. The first kappa shape index (κ1) is 16.2. The first-order chi connectivity index (χ1) is 10.5. The number of pyridine rings is 1. The van der Waals surface area contributed by atoms with Gasteiger partial charge >= 0.3 is 5.97 Å². The smallest absolute Gasteiger partial charge is 0.307 e. The van der Waals surface area contributed by atoms with E-state index in [0.717, 1.165) is 5.69 Å². The van der Waals surface area contributed by atoms with Crippen molar-refractivity contribution in [1.82, 2.24) is 10.3 Å². The predicted molar refractivity (Wildman–Crippen MR) is 82.9 cm³/mol. The fourth-order valence-corrected chi connectivity index (χ4v) is 2.78. The molecular weight excluding hydrogens is 280 g/mol. The summed E-state index contributed by atoms with van der Waals surface area (Å²) in [5.74, 6) is -2.13. The molecule has 22 heavy (non-hydrogen) atoms. The van der Waals surface area contributed by atoms with Crippen molar-refractivity contribution in [3.63, 3.8) is 0 Å².